The molecule has 2 aliphatic rings. The van der Waals surface area contributed by atoms with E-state index >= 15 is 0 Å². The Kier molecular flexibility index (Phi) is 5.43. The van der Waals surface area contributed by atoms with Crippen molar-refractivity contribution in [2.45, 2.75) is 25.2 Å². The summed E-state index contributed by atoms with van der Waals surface area (Å²) in [7, 11) is 1.50. The number of allylic oxidation sites excluding steroid dienone is 3. The molecule has 1 heterocycles. The van der Waals surface area contributed by atoms with Crippen LogP contribution < -0.4 is 15.2 Å². The van der Waals surface area contributed by atoms with Crippen molar-refractivity contribution in [1.29, 1.82) is 5.26 Å². The maximum Gasteiger partial charge on any atom is 0.205 e. The number of carbonyl (C=O) groups is 1. The Balaban J connectivity index is 2.17. The Labute approximate surface area is 165 Å². The van der Waals surface area contributed by atoms with Gasteiger partial charge in [-0.1, -0.05) is 5.92 Å². The molecule has 27 heavy (non-hydrogen) atoms. The van der Waals surface area contributed by atoms with Gasteiger partial charge in [-0.15, -0.1) is 6.42 Å². The van der Waals surface area contributed by atoms with Crippen LogP contribution in [0.1, 0.15) is 30.7 Å². The van der Waals surface area contributed by atoms with E-state index in [9.17, 15) is 10.1 Å². The second kappa shape index (κ2) is 7.77. The zero-order valence-corrected chi connectivity index (χ0v) is 16.3. The number of carbonyl (C=O) groups excluding carboxylic acids is 1. The minimum absolute atomic E-state index is 0.0266. The van der Waals surface area contributed by atoms with E-state index in [0.717, 1.165) is 0 Å². The number of terminal acetylenes is 1. The van der Waals surface area contributed by atoms with Gasteiger partial charge in [0.1, 0.15) is 24.0 Å². The summed E-state index contributed by atoms with van der Waals surface area (Å²) in [6.07, 6.45) is 6.99. The highest BCUT2D eigenvalue weighted by atomic mass is 79.9. The largest absolute Gasteiger partial charge is 0.493 e. The van der Waals surface area contributed by atoms with Crippen molar-refractivity contribution in [2.24, 2.45) is 5.73 Å². The third-order valence-corrected chi connectivity index (χ3v) is 5.08. The Morgan fingerprint density at radius 3 is 2.89 bits per heavy atom. The number of hydrogen-bond acceptors (Lipinski definition) is 6. The number of halogens is 1. The number of hydrogen-bond donors (Lipinski definition) is 1. The lowest BCUT2D eigenvalue weighted by Crippen LogP contribution is -2.27. The summed E-state index contributed by atoms with van der Waals surface area (Å²) in [5, 5.41) is 9.64. The van der Waals surface area contributed by atoms with Gasteiger partial charge in [-0.3, -0.25) is 4.79 Å². The molecule has 0 amide bonds. The zero-order chi connectivity index (χ0) is 19.6. The van der Waals surface area contributed by atoms with Gasteiger partial charge in [0, 0.05) is 18.4 Å². The fraction of sp³-hybridized carbons (Fsp3) is 0.300. The van der Waals surface area contributed by atoms with Crippen LogP contribution in [0, 0.1) is 23.7 Å². The minimum Gasteiger partial charge on any atom is -0.493 e. The van der Waals surface area contributed by atoms with E-state index < -0.39 is 5.92 Å². The molecule has 1 aromatic rings. The molecular weight excluding hydrogens is 412 g/mol. The number of Topliss-reactive ketones (excluding diaryl/α,β-unsaturated/α-hetero) is 1. The van der Waals surface area contributed by atoms with Crippen LogP contribution in [0.15, 0.2) is 39.4 Å². The van der Waals surface area contributed by atoms with Gasteiger partial charge in [0.05, 0.1) is 17.5 Å². The topological polar surface area (TPSA) is 94.6 Å². The molecule has 1 aliphatic heterocycles. The quantitative estimate of drug-likeness (QED) is 0.739. The molecule has 0 bridgehead atoms. The second-order valence-electron chi connectivity index (χ2n) is 6.07. The van der Waals surface area contributed by atoms with Gasteiger partial charge < -0.3 is 19.9 Å². The molecule has 6 nitrogen and oxygen atoms in total. The molecule has 1 atom stereocenters. The minimum atomic E-state index is -0.613. The number of benzene rings is 1. The lowest BCUT2D eigenvalue weighted by atomic mass is 9.77. The van der Waals surface area contributed by atoms with E-state index in [0.29, 0.717) is 52.1 Å². The summed E-state index contributed by atoms with van der Waals surface area (Å²) in [5.74, 6) is 3.20. The number of nitrogens with two attached hydrogens (primary N) is 1. The summed E-state index contributed by atoms with van der Waals surface area (Å²) < 4.78 is 17.1. The van der Waals surface area contributed by atoms with Crippen LogP contribution in [0.2, 0.25) is 0 Å². The van der Waals surface area contributed by atoms with Crippen molar-refractivity contribution in [2.75, 3.05) is 13.7 Å². The number of rotatable bonds is 4. The monoisotopic (exact) mass is 428 g/mol. The smallest absolute Gasteiger partial charge is 0.205 e. The lowest BCUT2D eigenvalue weighted by molar-refractivity contribution is -0.116. The van der Waals surface area contributed by atoms with Crippen molar-refractivity contribution in [3.63, 3.8) is 0 Å². The summed E-state index contributed by atoms with van der Waals surface area (Å²) in [4.78, 5) is 12.6. The van der Waals surface area contributed by atoms with Gasteiger partial charge >= 0.3 is 0 Å². The van der Waals surface area contributed by atoms with E-state index in [1.54, 1.807) is 12.1 Å². The van der Waals surface area contributed by atoms with Crippen LogP contribution in [0.25, 0.3) is 0 Å². The van der Waals surface area contributed by atoms with Crippen LogP contribution in [-0.2, 0) is 9.53 Å². The predicted molar refractivity (Wildman–Crippen MR) is 102 cm³/mol. The first-order valence-electron chi connectivity index (χ1n) is 8.29. The van der Waals surface area contributed by atoms with E-state index in [1.807, 2.05) is 0 Å². The van der Waals surface area contributed by atoms with E-state index in [1.165, 1.54) is 7.11 Å². The Bertz CT molecular complexity index is 950. The molecule has 3 rings (SSSR count). The molecule has 138 valence electrons. The van der Waals surface area contributed by atoms with E-state index in [-0.39, 0.29) is 23.8 Å². The third kappa shape index (κ3) is 3.39. The van der Waals surface area contributed by atoms with Gasteiger partial charge in [-0.05, 0) is 40.0 Å². The first-order chi connectivity index (χ1) is 13.0. The molecule has 0 spiro atoms. The van der Waals surface area contributed by atoms with Gasteiger partial charge in [0.2, 0.25) is 5.88 Å². The van der Waals surface area contributed by atoms with Crippen LogP contribution >= 0.6 is 15.9 Å². The van der Waals surface area contributed by atoms with Gasteiger partial charge in [-0.25, -0.2) is 0 Å². The number of methoxy groups -OCH3 is 1. The van der Waals surface area contributed by atoms with Crippen LogP contribution in [-0.4, -0.2) is 19.5 Å². The first-order valence-corrected chi connectivity index (χ1v) is 9.08. The van der Waals surface area contributed by atoms with Crippen molar-refractivity contribution >= 4 is 21.7 Å². The first kappa shape index (κ1) is 18.9. The van der Waals surface area contributed by atoms with Crippen molar-refractivity contribution in [1.82, 2.24) is 0 Å². The standard InChI is InChI=1S/C20H17BrN2O4/c1-3-7-26-19-13(21)8-11(9-16(19)25-2)17-12(10-22)20(23)27-15-6-4-5-14(24)18(15)17/h1,8-9,17H,4-7,23H2,2H3/t17-/m0/s1. The van der Waals surface area contributed by atoms with Crippen molar-refractivity contribution < 1.29 is 19.0 Å². The normalized spacial score (nSPS) is 19.0. The van der Waals surface area contributed by atoms with Crippen LogP contribution in [0.4, 0.5) is 0 Å². The van der Waals surface area contributed by atoms with Gasteiger partial charge in [-0.2, -0.15) is 5.26 Å². The average Bonchev–Trinajstić information content (AvgIpc) is 2.65. The van der Waals surface area contributed by atoms with Crippen LogP contribution in [0.3, 0.4) is 0 Å². The molecule has 0 saturated carbocycles. The van der Waals surface area contributed by atoms with E-state index in [4.69, 9.17) is 26.4 Å². The Morgan fingerprint density at radius 2 is 2.22 bits per heavy atom. The molecule has 0 saturated heterocycles. The molecule has 1 aliphatic carbocycles. The highest BCUT2D eigenvalue weighted by Gasteiger charge is 2.38. The molecule has 0 unspecified atom stereocenters. The number of nitriles is 1. The summed E-state index contributed by atoms with van der Waals surface area (Å²) in [6.45, 7) is 0.0790. The third-order valence-electron chi connectivity index (χ3n) is 4.49. The second-order valence-corrected chi connectivity index (χ2v) is 6.92. The summed E-state index contributed by atoms with van der Waals surface area (Å²) in [5.41, 5.74) is 7.34. The molecule has 1 aromatic carbocycles. The highest BCUT2D eigenvalue weighted by molar-refractivity contribution is 9.10. The SMILES string of the molecule is C#CCOc1c(Br)cc([C@H]2C(C#N)=C(N)OC3=C2C(=O)CCC3)cc1OC. The Hall–Kier alpha value is -2.90. The maximum atomic E-state index is 12.6. The van der Waals surface area contributed by atoms with Crippen LogP contribution in [0.5, 0.6) is 11.5 Å². The van der Waals surface area contributed by atoms with Gasteiger partial charge in [0.25, 0.3) is 0 Å². The summed E-state index contributed by atoms with van der Waals surface area (Å²) in [6, 6.07) is 5.60. The maximum absolute atomic E-state index is 12.6. The number of ketones is 1. The molecule has 2 N–H and O–H groups in total. The van der Waals surface area contributed by atoms with Gasteiger partial charge in [0.15, 0.2) is 17.3 Å². The average molecular weight is 429 g/mol. The predicted octanol–water partition coefficient (Wildman–Crippen LogP) is 3.28. The fourth-order valence-corrected chi connectivity index (χ4v) is 3.92. The molecule has 0 aromatic heterocycles. The zero-order valence-electron chi connectivity index (χ0n) is 14.7. The molecule has 7 heteroatoms. The number of ether oxygens (including phenoxy) is 3. The fourth-order valence-electron chi connectivity index (χ4n) is 3.35. The van der Waals surface area contributed by atoms with Crippen molar-refractivity contribution in [3.05, 3.63) is 45.0 Å². The Morgan fingerprint density at radius 1 is 1.44 bits per heavy atom. The molecule has 0 radical (unpaired) electrons. The highest BCUT2D eigenvalue weighted by Crippen LogP contribution is 2.46. The molecule has 0 fully saturated rings. The molecular formula is C20H17BrN2O4. The lowest BCUT2D eigenvalue weighted by Gasteiger charge is -2.31. The van der Waals surface area contributed by atoms with Crippen molar-refractivity contribution in [3.8, 4) is 29.9 Å². The summed E-state index contributed by atoms with van der Waals surface area (Å²) >= 11 is 3.46. The number of nitrogens with zero attached hydrogens (tertiary/aromatic N) is 1. The van der Waals surface area contributed by atoms with E-state index in [2.05, 4.69) is 27.9 Å².